The largest absolute Gasteiger partial charge is 0.454 e. The Balaban J connectivity index is 2.08. The molecular formula is C11H13NO3. The van der Waals surface area contributed by atoms with Gasteiger partial charge in [0.05, 0.1) is 0 Å². The molecule has 0 radical (unpaired) electrons. The van der Waals surface area contributed by atoms with Crippen molar-refractivity contribution in [3.8, 4) is 11.5 Å². The number of hydrogen-bond donors (Lipinski definition) is 1. The minimum Gasteiger partial charge on any atom is -0.454 e. The molecule has 1 aromatic rings. The van der Waals surface area contributed by atoms with Crippen LogP contribution in [0.25, 0.3) is 0 Å². The lowest BCUT2D eigenvalue weighted by Crippen LogP contribution is -2.30. The van der Waals surface area contributed by atoms with Crippen molar-refractivity contribution in [1.29, 1.82) is 0 Å². The number of nitrogens with one attached hydrogen (secondary N) is 1. The van der Waals surface area contributed by atoms with E-state index in [0.29, 0.717) is 6.79 Å². The van der Waals surface area contributed by atoms with Crippen LogP contribution in [0.15, 0.2) is 12.1 Å². The molecule has 0 amide bonds. The topological polar surface area (TPSA) is 39.7 Å². The predicted octanol–water partition coefficient (Wildman–Crippen LogP) is 1.21. The molecule has 0 aromatic heterocycles. The summed E-state index contributed by atoms with van der Waals surface area (Å²) in [5, 5.41) is 3.30. The summed E-state index contributed by atoms with van der Waals surface area (Å²) in [5.74, 6) is 1.67. The summed E-state index contributed by atoms with van der Waals surface area (Å²) in [4.78, 5) is 0. The Kier molecular flexibility index (Phi) is 2.04. The fourth-order valence-electron chi connectivity index (χ4n) is 2.12. The van der Waals surface area contributed by atoms with Crippen LogP contribution in [0.2, 0.25) is 0 Å². The lowest BCUT2D eigenvalue weighted by molar-refractivity contribution is 0.0684. The maximum absolute atomic E-state index is 5.37. The minimum atomic E-state index is -0.0248. The van der Waals surface area contributed by atoms with E-state index in [1.165, 1.54) is 5.56 Å². The van der Waals surface area contributed by atoms with Crippen LogP contribution in [-0.2, 0) is 11.2 Å². The van der Waals surface area contributed by atoms with Gasteiger partial charge in [0, 0.05) is 19.2 Å². The zero-order valence-corrected chi connectivity index (χ0v) is 8.58. The molecule has 0 saturated heterocycles. The number of rotatable bonds is 1. The number of hydrogen-bond acceptors (Lipinski definition) is 4. The molecule has 2 aliphatic heterocycles. The van der Waals surface area contributed by atoms with E-state index in [9.17, 15) is 0 Å². The Bertz CT molecular complexity index is 392. The first-order chi connectivity index (χ1) is 7.38. The predicted molar refractivity (Wildman–Crippen MR) is 54.0 cm³/mol. The van der Waals surface area contributed by atoms with Crippen molar-refractivity contribution in [1.82, 2.24) is 5.32 Å². The molecule has 0 aliphatic carbocycles. The first-order valence-corrected chi connectivity index (χ1v) is 5.07. The molecule has 0 bridgehead atoms. The van der Waals surface area contributed by atoms with Crippen LogP contribution in [0.1, 0.15) is 17.4 Å². The third kappa shape index (κ3) is 1.37. The average Bonchev–Trinajstić information content (AvgIpc) is 2.72. The highest BCUT2D eigenvalue weighted by Gasteiger charge is 2.24. The normalized spacial score (nSPS) is 22.6. The van der Waals surface area contributed by atoms with Crippen LogP contribution < -0.4 is 14.8 Å². The van der Waals surface area contributed by atoms with Crippen LogP contribution in [0, 0.1) is 0 Å². The molecule has 1 atom stereocenters. The molecule has 4 nitrogen and oxygen atoms in total. The number of fused-ring (bicyclic) bond motifs is 2. The summed E-state index contributed by atoms with van der Waals surface area (Å²) in [6, 6.07) is 4.07. The monoisotopic (exact) mass is 207 g/mol. The van der Waals surface area contributed by atoms with Crippen molar-refractivity contribution in [3.05, 3.63) is 23.3 Å². The second kappa shape index (κ2) is 3.40. The lowest BCUT2D eigenvalue weighted by Gasteiger charge is -2.25. The molecule has 80 valence electrons. The molecule has 2 aliphatic rings. The summed E-state index contributed by atoms with van der Waals surface area (Å²) in [7, 11) is 1.71. The Morgan fingerprint density at radius 2 is 2.13 bits per heavy atom. The van der Waals surface area contributed by atoms with E-state index in [4.69, 9.17) is 14.2 Å². The maximum Gasteiger partial charge on any atom is 0.231 e. The SMILES string of the molecule is COC1NCCc2cc3c(cc21)OCO3. The van der Waals surface area contributed by atoms with Crippen molar-refractivity contribution in [2.45, 2.75) is 12.6 Å². The van der Waals surface area contributed by atoms with Gasteiger partial charge in [-0.25, -0.2) is 0 Å². The number of ether oxygens (including phenoxy) is 3. The summed E-state index contributed by atoms with van der Waals surface area (Å²) in [6.45, 7) is 1.26. The minimum absolute atomic E-state index is 0.0248. The van der Waals surface area contributed by atoms with E-state index >= 15 is 0 Å². The third-order valence-electron chi connectivity index (χ3n) is 2.88. The fourth-order valence-corrected chi connectivity index (χ4v) is 2.12. The molecule has 2 heterocycles. The summed E-state index contributed by atoms with van der Waals surface area (Å²) < 4.78 is 16.1. The van der Waals surface area contributed by atoms with E-state index in [0.717, 1.165) is 30.0 Å². The Morgan fingerprint density at radius 1 is 1.33 bits per heavy atom. The van der Waals surface area contributed by atoms with Gasteiger partial charge in [0.1, 0.15) is 6.23 Å². The smallest absolute Gasteiger partial charge is 0.231 e. The van der Waals surface area contributed by atoms with Crippen molar-refractivity contribution in [3.63, 3.8) is 0 Å². The van der Waals surface area contributed by atoms with Gasteiger partial charge in [0.2, 0.25) is 6.79 Å². The summed E-state index contributed by atoms with van der Waals surface area (Å²) in [5.41, 5.74) is 2.44. The van der Waals surface area contributed by atoms with Crippen LogP contribution >= 0.6 is 0 Å². The molecule has 0 spiro atoms. The highest BCUT2D eigenvalue weighted by atomic mass is 16.7. The fraction of sp³-hybridized carbons (Fsp3) is 0.455. The van der Waals surface area contributed by atoms with Crippen molar-refractivity contribution in [2.75, 3.05) is 20.4 Å². The van der Waals surface area contributed by atoms with E-state index in [1.807, 2.05) is 6.07 Å². The van der Waals surface area contributed by atoms with Gasteiger partial charge in [-0.05, 0) is 24.1 Å². The van der Waals surface area contributed by atoms with E-state index in [-0.39, 0.29) is 6.23 Å². The van der Waals surface area contributed by atoms with Gasteiger partial charge in [0.15, 0.2) is 11.5 Å². The van der Waals surface area contributed by atoms with Crippen LogP contribution in [0.3, 0.4) is 0 Å². The van der Waals surface area contributed by atoms with Crippen LogP contribution in [0.4, 0.5) is 0 Å². The van der Waals surface area contributed by atoms with Crippen molar-refractivity contribution < 1.29 is 14.2 Å². The Hall–Kier alpha value is -1.26. The second-order valence-electron chi connectivity index (χ2n) is 3.72. The second-order valence-corrected chi connectivity index (χ2v) is 3.72. The molecule has 4 heteroatoms. The summed E-state index contributed by atoms with van der Waals surface area (Å²) >= 11 is 0. The Morgan fingerprint density at radius 3 is 2.93 bits per heavy atom. The zero-order chi connectivity index (χ0) is 10.3. The van der Waals surface area contributed by atoms with Gasteiger partial charge in [-0.15, -0.1) is 0 Å². The molecule has 1 aromatic carbocycles. The lowest BCUT2D eigenvalue weighted by atomic mass is 9.99. The third-order valence-corrected chi connectivity index (χ3v) is 2.88. The molecule has 3 rings (SSSR count). The highest BCUT2D eigenvalue weighted by molar-refractivity contribution is 5.50. The molecule has 0 saturated carbocycles. The first-order valence-electron chi connectivity index (χ1n) is 5.07. The molecule has 1 N–H and O–H groups in total. The molecule has 0 fully saturated rings. The highest BCUT2D eigenvalue weighted by Crippen LogP contribution is 2.38. The van der Waals surface area contributed by atoms with E-state index in [2.05, 4.69) is 11.4 Å². The van der Waals surface area contributed by atoms with Gasteiger partial charge in [-0.2, -0.15) is 0 Å². The van der Waals surface area contributed by atoms with Gasteiger partial charge < -0.3 is 14.2 Å². The van der Waals surface area contributed by atoms with Crippen LogP contribution in [0.5, 0.6) is 11.5 Å². The Labute approximate surface area is 88.1 Å². The molecule has 15 heavy (non-hydrogen) atoms. The number of benzene rings is 1. The average molecular weight is 207 g/mol. The molecule has 1 unspecified atom stereocenters. The van der Waals surface area contributed by atoms with Gasteiger partial charge in [0.25, 0.3) is 0 Å². The van der Waals surface area contributed by atoms with Gasteiger partial charge in [-0.3, -0.25) is 5.32 Å². The molecular weight excluding hydrogens is 194 g/mol. The zero-order valence-electron chi connectivity index (χ0n) is 8.58. The standard InChI is InChI=1S/C11H13NO3/c1-13-11-8-5-10-9(14-6-15-10)4-7(8)2-3-12-11/h4-5,11-12H,2-3,6H2,1H3. The first kappa shape index (κ1) is 9.00. The van der Waals surface area contributed by atoms with Crippen molar-refractivity contribution in [2.24, 2.45) is 0 Å². The van der Waals surface area contributed by atoms with E-state index < -0.39 is 0 Å². The quantitative estimate of drug-likeness (QED) is 0.751. The van der Waals surface area contributed by atoms with Gasteiger partial charge >= 0.3 is 0 Å². The summed E-state index contributed by atoms with van der Waals surface area (Å²) in [6.07, 6.45) is 0.981. The van der Waals surface area contributed by atoms with E-state index in [1.54, 1.807) is 7.11 Å². The maximum atomic E-state index is 5.37. The van der Waals surface area contributed by atoms with Crippen LogP contribution in [-0.4, -0.2) is 20.4 Å². The van der Waals surface area contributed by atoms with Gasteiger partial charge in [-0.1, -0.05) is 0 Å². The van der Waals surface area contributed by atoms with Crippen molar-refractivity contribution >= 4 is 0 Å². The number of methoxy groups -OCH3 is 1.